The maximum Gasteiger partial charge on any atom is 0.551 e. The summed E-state index contributed by atoms with van der Waals surface area (Å²) in [6.45, 7) is 2.59. The van der Waals surface area contributed by atoms with E-state index in [1.807, 2.05) is 0 Å². The van der Waals surface area contributed by atoms with Gasteiger partial charge in [0.05, 0.1) is 12.0 Å². The molecule has 3 aromatic rings. The number of aromatic nitrogens is 2. The van der Waals surface area contributed by atoms with Crippen molar-refractivity contribution < 1.29 is 27.5 Å². The van der Waals surface area contributed by atoms with Crippen LogP contribution in [0.15, 0.2) is 57.9 Å². The Labute approximate surface area is 182 Å². The quantitative estimate of drug-likeness (QED) is 0.275. The first-order chi connectivity index (χ1) is 15.0. The number of nitrogens with zero attached hydrogens (tertiary/aromatic N) is 4. The summed E-state index contributed by atoms with van der Waals surface area (Å²) in [7, 11) is -3.09. The lowest BCUT2D eigenvalue weighted by Crippen LogP contribution is -2.54. The van der Waals surface area contributed by atoms with Crippen molar-refractivity contribution in [2.24, 2.45) is 0 Å². The number of hydrogen-bond donors (Lipinski definition) is 0. The third-order valence-corrected chi connectivity index (χ3v) is 7.22. The number of nitro groups is 2. The van der Waals surface area contributed by atoms with E-state index < -0.39 is 36.5 Å². The van der Waals surface area contributed by atoms with Gasteiger partial charge in [-0.05, 0) is 50.2 Å². The second-order valence-electron chi connectivity index (χ2n) is 6.89. The second kappa shape index (κ2) is 8.34. The predicted octanol–water partition coefficient (Wildman–Crippen LogP) is 2.62. The van der Waals surface area contributed by atoms with Crippen molar-refractivity contribution in [3.8, 4) is 17.1 Å². The molecule has 0 aliphatic rings. The Morgan fingerprint density at radius 3 is 2.09 bits per heavy atom. The lowest BCUT2D eigenvalue weighted by Gasteiger charge is -2.20. The van der Waals surface area contributed by atoms with E-state index in [0.29, 0.717) is 11.3 Å². The molecule has 0 saturated heterocycles. The van der Waals surface area contributed by atoms with Crippen molar-refractivity contribution in [2.45, 2.75) is 29.7 Å². The van der Waals surface area contributed by atoms with E-state index in [1.54, 1.807) is 19.1 Å². The van der Waals surface area contributed by atoms with Crippen molar-refractivity contribution in [1.29, 1.82) is 0 Å². The smallest absolute Gasteiger partial charge is 0.497 e. The molecule has 0 N–H and O–H groups in total. The third kappa shape index (κ3) is 3.66. The summed E-state index contributed by atoms with van der Waals surface area (Å²) < 4.78 is 36.1. The number of hydrogen-bond acceptors (Lipinski definition) is 10. The molecule has 0 saturated carbocycles. The van der Waals surface area contributed by atoms with E-state index in [4.69, 9.17) is 9.26 Å². The molecular weight excluding hydrogens is 444 g/mol. The summed E-state index contributed by atoms with van der Waals surface area (Å²) in [5.41, 5.74) is -2.36. The van der Waals surface area contributed by atoms with Crippen LogP contribution in [0.1, 0.15) is 18.4 Å². The molecule has 1 aromatic heterocycles. The molecule has 0 fully saturated rings. The Kier molecular flexibility index (Phi) is 5.94. The van der Waals surface area contributed by atoms with Gasteiger partial charge in [-0.25, -0.2) is 8.42 Å². The summed E-state index contributed by atoms with van der Waals surface area (Å²) in [5, 5.41) is 25.5. The molecule has 168 valence electrons. The molecule has 32 heavy (non-hydrogen) atoms. The number of ether oxygens (including phenoxy) is 1. The molecule has 0 aliphatic carbocycles. The van der Waals surface area contributed by atoms with Crippen LogP contribution in [-0.4, -0.2) is 40.8 Å². The fraction of sp³-hybridized carbons (Fsp3) is 0.263. The van der Waals surface area contributed by atoms with E-state index >= 15 is 0 Å². The highest BCUT2D eigenvalue weighted by molar-refractivity contribution is 7.92. The largest absolute Gasteiger partial charge is 0.551 e. The van der Waals surface area contributed by atoms with Gasteiger partial charge >= 0.3 is 11.6 Å². The normalized spacial score (nSPS) is 12.8. The standard InChI is InChI=1S/C19H18N4O8S/c1-12-4-10-16(11-5-12)32(28,29)13(2)19(22(24)25,23(26)27)18-20-17(21-31-18)14-6-8-15(30-3)9-7-14/h4-11,13H,1-3H3. The Hall–Kier alpha value is -3.87. The van der Waals surface area contributed by atoms with E-state index in [9.17, 15) is 28.6 Å². The Bertz CT molecular complexity index is 1240. The van der Waals surface area contributed by atoms with Gasteiger partial charge in [0.1, 0.15) is 15.6 Å². The summed E-state index contributed by atoms with van der Waals surface area (Å²) in [5.74, 6) is -0.725. The van der Waals surface area contributed by atoms with Crippen molar-refractivity contribution in [1.82, 2.24) is 10.1 Å². The highest BCUT2D eigenvalue weighted by Gasteiger charge is 2.72. The van der Waals surface area contributed by atoms with Gasteiger partial charge in [0.2, 0.25) is 11.1 Å². The molecule has 1 heterocycles. The Morgan fingerprint density at radius 1 is 1.03 bits per heavy atom. The molecule has 12 nitrogen and oxygen atoms in total. The molecular formula is C19H18N4O8S. The molecule has 3 rings (SSSR count). The first-order valence-corrected chi connectivity index (χ1v) is 10.7. The van der Waals surface area contributed by atoms with E-state index in [0.717, 1.165) is 12.5 Å². The van der Waals surface area contributed by atoms with Crippen LogP contribution < -0.4 is 4.74 Å². The van der Waals surface area contributed by atoms with E-state index in [2.05, 4.69) is 10.1 Å². The number of benzene rings is 2. The fourth-order valence-electron chi connectivity index (χ4n) is 3.07. The predicted molar refractivity (Wildman–Crippen MR) is 110 cm³/mol. The highest BCUT2D eigenvalue weighted by atomic mass is 32.2. The van der Waals surface area contributed by atoms with Gasteiger partial charge in [0.15, 0.2) is 9.84 Å². The average molecular weight is 462 g/mol. The Balaban J connectivity index is 2.14. The van der Waals surface area contributed by atoms with Crippen LogP contribution in [0.3, 0.4) is 0 Å². The van der Waals surface area contributed by atoms with E-state index in [1.165, 1.54) is 43.5 Å². The molecule has 0 radical (unpaired) electrons. The molecule has 0 spiro atoms. The van der Waals surface area contributed by atoms with Crippen LogP contribution in [0.4, 0.5) is 0 Å². The second-order valence-corrected chi connectivity index (χ2v) is 9.16. The van der Waals surface area contributed by atoms with Gasteiger partial charge < -0.3 is 9.26 Å². The maximum atomic E-state index is 13.1. The van der Waals surface area contributed by atoms with Gasteiger partial charge in [-0.1, -0.05) is 22.9 Å². The fourth-order valence-corrected chi connectivity index (χ4v) is 4.70. The summed E-state index contributed by atoms with van der Waals surface area (Å²) in [6.07, 6.45) is 0. The minimum Gasteiger partial charge on any atom is -0.497 e. The molecule has 1 atom stereocenters. The zero-order chi connectivity index (χ0) is 23.7. The van der Waals surface area contributed by atoms with Gasteiger partial charge in [-0.15, -0.1) is 0 Å². The SMILES string of the molecule is COc1ccc(-c2noc(C(C(C)S(=O)(=O)c3ccc(C)cc3)([N+](=O)[O-])[N+](=O)[O-])n2)cc1. The van der Waals surface area contributed by atoms with Crippen LogP contribution >= 0.6 is 0 Å². The zero-order valence-electron chi connectivity index (χ0n) is 17.2. The maximum absolute atomic E-state index is 13.1. The minimum absolute atomic E-state index is 0.185. The van der Waals surface area contributed by atoms with Crippen LogP contribution in [-0.2, 0) is 15.5 Å². The first kappa shape index (κ1) is 22.8. The van der Waals surface area contributed by atoms with Crippen LogP contribution in [0, 0.1) is 27.2 Å². The number of sulfone groups is 1. The zero-order valence-corrected chi connectivity index (χ0v) is 18.0. The van der Waals surface area contributed by atoms with Gasteiger partial charge in [-0.3, -0.25) is 20.2 Å². The van der Waals surface area contributed by atoms with Crippen LogP contribution in [0.2, 0.25) is 0 Å². The van der Waals surface area contributed by atoms with Crippen molar-refractivity contribution >= 4 is 9.84 Å². The van der Waals surface area contributed by atoms with Gasteiger partial charge in [-0.2, -0.15) is 4.98 Å². The highest BCUT2D eigenvalue weighted by Crippen LogP contribution is 2.36. The van der Waals surface area contributed by atoms with Gasteiger partial charge in [0, 0.05) is 5.56 Å². The molecule has 13 heteroatoms. The molecule has 2 aromatic carbocycles. The van der Waals surface area contributed by atoms with Crippen LogP contribution in [0.5, 0.6) is 5.75 Å². The average Bonchev–Trinajstić information content (AvgIpc) is 3.24. The van der Waals surface area contributed by atoms with Crippen molar-refractivity contribution in [3.63, 3.8) is 0 Å². The number of aryl methyl sites for hydroxylation is 1. The van der Waals surface area contributed by atoms with Gasteiger partial charge in [0.25, 0.3) is 0 Å². The number of rotatable bonds is 8. The van der Waals surface area contributed by atoms with Crippen molar-refractivity contribution in [2.75, 3.05) is 7.11 Å². The molecule has 1 unspecified atom stereocenters. The lowest BCUT2D eigenvalue weighted by molar-refractivity contribution is -0.812. The number of methoxy groups -OCH3 is 1. The lowest BCUT2D eigenvalue weighted by atomic mass is 10.1. The van der Waals surface area contributed by atoms with Crippen molar-refractivity contribution in [3.05, 3.63) is 80.2 Å². The monoisotopic (exact) mass is 462 g/mol. The Morgan fingerprint density at radius 2 is 1.59 bits per heavy atom. The minimum atomic E-state index is -4.54. The summed E-state index contributed by atoms with van der Waals surface area (Å²) >= 11 is 0. The summed E-state index contributed by atoms with van der Waals surface area (Å²) in [6, 6.07) is 11.6. The third-order valence-electron chi connectivity index (χ3n) is 5.03. The van der Waals surface area contributed by atoms with Crippen LogP contribution in [0.25, 0.3) is 11.4 Å². The van der Waals surface area contributed by atoms with E-state index in [-0.39, 0.29) is 10.7 Å². The first-order valence-electron chi connectivity index (χ1n) is 9.13. The molecule has 0 bridgehead atoms. The topological polar surface area (TPSA) is 169 Å². The molecule has 0 aliphatic heterocycles. The molecule has 0 amide bonds. The summed E-state index contributed by atoms with van der Waals surface area (Å²) in [4.78, 5) is 24.9.